The molecular formula is C10H18N4S. The molecule has 0 saturated heterocycles. The molecule has 1 aromatic heterocycles. The van der Waals surface area contributed by atoms with Gasteiger partial charge >= 0.3 is 0 Å². The zero-order valence-corrected chi connectivity index (χ0v) is 10.0. The van der Waals surface area contributed by atoms with Crippen molar-refractivity contribution >= 4 is 23.3 Å². The number of aryl methyl sites for hydroxylation is 1. The van der Waals surface area contributed by atoms with Gasteiger partial charge in [0.2, 0.25) is 0 Å². The van der Waals surface area contributed by atoms with E-state index < -0.39 is 0 Å². The number of nitrogens with zero attached hydrogens (tertiary/aromatic N) is 2. The van der Waals surface area contributed by atoms with E-state index in [1.165, 1.54) is 19.3 Å². The van der Waals surface area contributed by atoms with Gasteiger partial charge in [-0.15, -0.1) is 0 Å². The Morgan fingerprint density at radius 3 is 3.00 bits per heavy atom. The van der Waals surface area contributed by atoms with Gasteiger partial charge in [0.05, 0.1) is 5.69 Å². The Labute approximate surface area is 94.6 Å². The third kappa shape index (κ3) is 2.22. The minimum atomic E-state index is 0.525. The van der Waals surface area contributed by atoms with Gasteiger partial charge in [-0.2, -0.15) is 16.9 Å². The molecule has 0 aliphatic heterocycles. The lowest BCUT2D eigenvalue weighted by atomic mass is 10.2. The molecule has 84 valence electrons. The number of rotatable bonds is 3. The van der Waals surface area contributed by atoms with Crippen LogP contribution in [0.4, 0.5) is 11.5 Å². The monoisotopic (exact) mass is 226 g/mol. The Bertz CT molecular complexity index is 336. The first-order valence-electron chi connectivity index (χ1n) is 5.29. The van der Waals surface area contributed by atoms with Crippen molar-refractivity contribution in [3.8, 4) is 0 Å². The van der Waals surface area contributed by atoms with Crippen molar-refractivity contribution in [2.75, 3.05) is 17.3 Å². The highest BCUT2D eigenvalue weighted by Crippen LogP contribution is 2.31. The van der Waals surface area contributed by atoms with Crippen molar-refractivity contribution in [1.82, 2.24) is 9.78 Å². The summed E-state index contributed by atoms with van der Waals surface area (Å²) in [5.41, 5.74) is 6.59. The number of thioether (sulfide) groups is 1. The van der Waals surface area contributed by atoms with Gasteiger partial charge in [0, 0.05) is 24.5 Å². The van der Waals surface area contributed by atoms with Crippen LogP contribution < -0.4 is 11.1 Å². The summed E-state index contributed by atoms with van der Waals surface area (Å²) in [5.74, 6) is 0.837. The van der Waals surface area contributed by atoms with Gasteiger partial charge in [0.1, 0.15) is 0 Å². The van der Waals surface area contributed by atoms with Crippen LogP contribution in [0.15, 0.2) is 6.20 Å². The van der Waals surface area contributed by atoms with E-state index in [0.717, 1.165) is 11.5 Å². The summed E-state index contributed by atoms with van der Waals surface area (Å²) in [6.07, 6.45) is 7.83. The van der Waals surface area contributed by atoms with Crippen LogP contribution in [-0.2, 0) is 7.05 Å². The second-order valence-electron chi connectivity index (χ2n) is 4.06. The Morgan fingerprint density at radius 1 is 1.60 bits per heavy atom. The largest absolute Gasteiger partial charge is 0.394 e. The minimum absolute atomic E-state index is 0.525. The topological polar surface area (TPSA) is 55.9 Å². The van der Waals surface area contributed by atoms with Crippen molar-refractivity contribution in [2.24, 2.45) is 7.05 Å². The van der Waals surface area contributed by atoms with E-state index in [1.807, 2.05) is 25.0 Å². The molecule has 1 aromatic rings. The van der Waals surface area contributed by atoms with Crippen LogP contribution in [-0.4, -0.2) is 27.3 Å². The second kappa shape index (κ2) is 4.35. The number of anilines is 2. The van der Waals surface area contributed by atoms with Gasteiger partial charge in [-0.1, -0.05) is 6.42 Å². The van der Waals surface area contributed by atoms with Crippen molar-refractivity contribution in [3.63, 3.8) is 0 Å². The molecule has 15 heavy (non-hydrogen) atoms. The van der Waals surface area contributed by atoms with Crippen LogP contribution in [0.2, 0.25) is 0 Å². The molecule has 1 heterocycles. The molecule has 1 fully saturated rings. The van der Waals surface area contributed by atoms with E-state index in [-0.39, 0.29) is 0 Å². The SMILES string of the molecule is CSC1CCCC1Nc1nn(C)cc1N. The summed E-state index contributed by atoms with van der Waals surface area (Å²) < 4.78 is 1.75. The van der Waals surface area contributed by atoms with Crippen LogP contribution >= 0.6 is 11.8 Å². The lowest BCUT2D eigenvalue weighted by Gasteiger charge is -2.18. The van der Waals surface area contributed by atoms with E-state index >= 15 is 0 Å². The summed E-state index contributed by atoms with van der Waals surface area (Å²) in [6.45, 7) is 0. The number of aromatic nitrogens is 2. The predicted molar refractivity (Wildman–Crippen MR) is 66.2 cm³/mol. The lowest BCUT2D eigenvalue weighted by Crippen LogP contribution is -2.26. The molecule has 0 bridgehead atoms. The highest BCUT2D eigenvalue weighted by molar-refractivity contribution is 7.99. The van der Waals surface area contributed by atoms with E-state index in [2.05, 4.69) is 16.7 Å². The molecule has 1 aliphatic carbocycles. The van der Waals surface area contributed by atoms with Gasteiger partial charge in [-0.25, -0.2) is 0 Å². The van der Waals surface area contributed by atoms with Gasteiger partial charge in [-0.3, -0.25) is 4.68 Å². The highest BCUT2D eigenvalue weighted by Gasteiger charge is 2.27. The first-order chi connectivity index (χ1) is 7.20. The number of hydrogen-bond acceptors (Lipinski definition) is 4. The first-order valence-corrected chi connectivity index (χ1v) is 6.58. The summed E-state index contributed by atoms with van der Waals surface area (Å²) in [6, 6.07) is 0.525. The van der Waals surface area contributed by atoms with Crippen LogP contribution in [0, 0.1) is 0 Å². The smallest absolute Gasteiger partial charge is 0.171 e. The molecular weight excluding hydrogens is 208 g/mol. The van der Waals surface area contributed by atoms with E-state index in [0.29, 0.717) is 11.3 Å². The zero-order chi connectivity index (χ0) is 10.8. The number of nitrogen functional groups attached to an aromatic ring is 1. The standard InChI is InChI=1S/C10H18N4S/c1-14-6-7(11)10(13-14)12-8-4-3-5-9(8)15-2/h6,8-9H,3-5,11H2,1-2H3,(H,12,13). The average Bonchev–Trinajstić information content (AvgIpc) is 2.74. The second-order valence-corrected chi connectivity index (χ2v) is 5.14. The van der Waals surface area contributed by atoms with Gasteiger partial charge in [0.25, 0.3) is 0 Å². The fourth-order valence-electron chi connectivity index (χ4n) is 2.17. The Morgan fingerprint density at radius 2 is 2.40 bits per heavy atom. The van der Waals surface area contributed by atoms with Crippen LogP contribution in [0.1, 0.15) is 19.3 Å². The molecule has 4 nitrogen and oxygen atoms in total. The lowest BCUT2D eigenvalue weighted by molar-refractivity contribution is 0.735. The molecule has 0 radical (unpaired) electrons. The summed E-state index contributed by atoms with van der Waals surface area (Å²) in [7, 11) is 1.89. The van der Waals surface area contributed by atoms with Gasteiger partial charge < -0.3 is 11.1 Å². The molecule has 0 amide bonds. The van der Waals surface area contributed by atoms with Gasteiger partial charge in [-0.05, 0) is 19.1 Å². The van der Waals surface area contributed by atoms with Crippen molar-refractivity contribution < 1.29 is 0 Å². The van der Waals surface area contributed by atoms with Crippen molar-refractivity contribution in [1.29, 1.82) is 0 Å². The van der Waals surface area contributed by atoms with E-state index in [1.54, 1.807) is 4.68 Å². The molecule has 1 aliphatic rings. The highest BCUT2D eigenvalue weighted by atomic mass is 32.2. The normalized spacial score (nSPS) is 25.7. The maximum Gasteiger partial charge on any atom is 0.171 e. The Hall–Kier alpha value is -0.840. The summed E-state index contributed by atoms with van der Waals surface area (Å²) >= 11 is 1.93. The third-order valence-electron chi connectivity index (χ3n) is 2.93. The quantitative estimate of drug-likeness (QED) is 0.823. The molecule has 2 rings (SSSR count). The Balaban J connectivity index is 2.05. The first kappa shape index (κ1) is 10.7. The maximum atomic E-state index is 5.85. The fourth-order valence-corrected chi connectivity index (χ4v) is 3.10. The van der Waals surface area contributed by atoms with Crippen LogP contribution in [0.5, 0.6) is 0 Å². The molecule has 0 aromatic carbocycles. The molecule has 2 atom stereocenters. The molecule has 5 heteroatoms. The average molecular weight is 226 g/mol. The van der Waals surface area contributed by atoms with Gasteiger partial charge in [0.15, 0.2) is 5.82 Å². The van der Waals surface area contributed by atoms with Crippen LogP contribution in [0.25, 0.3) is 0 Å². The van der Waals surface area contributed by atoms with Crippen molar-refractivity contribution in [2.45, 2.75) is 30.6 Å². The zero-order valence-electron chi connectivity index (χ0n) is 9.23. The summed E-state index contributed by atoms with van der Waals surface area (Å²) in [5, 5.41) is 8.47. The molecule has 0 spiro atoms. The minimum Gasteiger partial charge on any atom is -0.394 e. The maximum absolute atomic E-state index is 5.85. The number of nitrogens with two attached hydrogens (primary N) is 1. The molecule has 1 saturated carbocycles. The van der Waals surface area contributed by atoms with E-state index in [4.69, 9.17) is 5.73 Å². The fraction of sp³-hybridized carbons (Fsp3) is 0.700. The molecule has 3 N–H and O–H groups in total. The van der Waals surface area contributed by atoms with Crippen LogP contribution in [0.3, 0.4) is 0 Å². The number of hydrogen-bond donors (Lipinski definition) is 2. The van der Waals surface area contributed by atoms with Crippen molar-refractivity contribution in [3.05, 3.63) is 6.20 Å². The summed E-state index contributed by atoms with van der Waals surface area (Å²) in [4.78, 5) is 0. The molecule has 2 unspecified atom stereocenters. The van der Waals surface area contributed by atoms with E-state index in [9.17, 15) is 0 Å². The Kier molecular flexibility index (Phi) is 3.09. The third-order valence-corrected chi connectivity index (χ3v) is 4.10. The number of nitrogens with one attached hydrogen (secondary N) is 1. The predicted octanol–water partition coefficient (Wildman–Crippen LogP) is 1.70.